The molecule has 0 aliphatic heterocycles. The molecule has 0 spiro atoms. The number of rotatable bonds is 4. The molecule has 0 radical (unpaired) electrons. The molecule has 1 heterocycles. The molecule has 0 saturated carbocycles. The average molecular weight is 340 g/mol. The first-order valence-corrected chi connectivity index (χ1v) is 6.86. The van der Waals surface area contributed by atoms with Crippen LogP contribution in [0, 0.1) is 0 Å². The van der Waals surface area contributed by atoms with Gasteiger partial charge in [0.05, 0.1) is 24.4 Å². The average Bonchev–Trinajstić information content (AvgIpc) is 2.81. The van der Waals surface area contributed by atoms with Crippen molar-refractivity contribution in [3.05, 3.63) is 28.4 Å². The SMILES string of the molecule is CCNC(=O)Cn1ncc2c(C(=O)OC)c(Br)ccc21. The summed E-state index contributed by atoms with van der Waals surface area (Å²) in [5.74, 6) is -0.569. The van der Waals surface area contributed by atoms with Crippen LogP contribution < -0.4 is 5.32 Å². The van der Waals surface area contributed by atoms with Gasteiger partial charge in [-0.25, -0.2) is 4.79 Å². The molecule has 20 heavy (non-hydrogen) atoms. The van der Waals surface area contributed by atoms with Gasteiger partial charge in [0.2, 0.25) is 5.91 Å². The van der Waals surface area contributed by atoms with Crippen molar-refractivity contribution in [2.75, 3.05) is 13.7 Å². The number of halogens is 1. The monoisotopic (exact) mass is 339 g/mol. The number of aromatic nitrogens is 2. The highest BCUT2D eigenvalue weighted by molar-refractivity contribution is 9.10. The van der Waals surface area contributed by atoms with Crippen molar-refractivity contribution in [2.45, 2.75) is 13.5 Å². The molecular weight excluding hydrogens is 326 g/mol. The van der Waals surface area contributed by atoms with Crippen LogP contribution in [0.2, 0.25) is 0 Å². The molecule has 0 saturated heterocycles. The fraction of sp³-hybridized carbons (Fsp3) is 0.308. The highest BCUT2D eigenvalue weighted by atomic mass is 79.9. The smallest absolute Gasteiger partial charge is 0.339 e. The zero-order valence-corrected chi connectivity index (χ0v) is 12.7. The Morgan fingerprint density at radius 1 is 1.45 bits per heavy atom. The van der Waals surface area contributed by atoms with Crippen LogP contribution in [0.15, 0.2) is 22.8 Å². The van der Waals surface area contributed by atoms with E-state index in [1.807, 2.05) is 6.92 Å². The Labute approximate surface area is 124 Å². The Bertz CT molecular complexity index is 666. The third-order valence-corrected chi connectivity index (χ3v) is 3.49. The molecule has 1 aromatic heterocycles. The van der Waals surface area contributed by atoms with Gasteiger partial charge in [-0.3, -0.25) is 9.48 Å². The number of nitrogens with zero attached hydrogens (tertiary/aromatic N) is 2. The number of nitrogens with one attached hydrogen (secondary N) is 1. The summed E-state index contributed by atoms with van der Waals surface area (Å²) in [4.78, 5) is 23.4. The molecule has 0 fully saturated rings. The Hall–Kier alpha value is -1.89. The van der Waals surface area contributed by atoms with E-state index in [-0.39, 0.29) is 12.5 Å². The van der Waals surface area contributed by atoms with Crippen molar-refractivity contribution < 1.29 is 14.3 Å². The van der Waals surface area contributed by atoms with Gasteiger partial charge in [0.15, 0.2) is 0 Å². The van der Waals surface area contributed by atoms with Crippen molar-refractivity contribution in [3.8, 4) is 0 Å². The van der Waals surface area contributed by atoms with E-state index < -0.39 is 5.97 Å². The highest BCUT2D eigenvalue weighted by Gasteiger charge is 2.18. The Morgan fingerprint density at radius 3 is 2.85 bits per heavy atom. The summed E-state index contributed by atoms with van der Waals surface area (Å²) in [6, 6.07) is 3.54. The fourth-order valence-electron chi connectivity index (χ4n) is 1.95. The molecule has 1 amide bonds. The predicted molar refractivity (Wildman–Crippen MR) is 77.5 cm³/mol. The first-order chi connectivity index (χ1) is 9.58. The van der Waals surface area contributed by atoms with Crippen molar-refractivity contribution in [1.29, 1.82) is 0 Å². The number of carbonyl (C=O) groups is 2. The summed E-state index contributed by atoms with van der Waals surface area (Å²) in [5, 5.41) is 7.52. The molecule has 7 heteroatoms. The molecule has 1 aromatic carbocycles. The Morgan fingerprint density at radius 2 is 2.20 bits per heavy atom. The second kappa shape index (κ2) is 6.04. The largest absolute Gasteiger partial charge is 0.465 e. The van der Waals surface area contributed by atoms with Crippen LogP contribution in [0.3, 0.4) is 0 Å². The van der Waals surface area contributed by atoms with Crippen LogP contribution in [0.5, 0.6) is 0 Å². The van der Waals surface area contributed by atoms with Gasteiger partial charge in [-0.05, 0) is 35.0 Å². The molecule has 0 unspecified atom stereocenters. The third-order valence-electron chi connectivity index (χ3n) is 2.83. The maximum atomic E-state index is 11.8. The second-order valence-electron chi connectivity index (χ2n) is 4.10. The second-order valence-corrected chi connectivity index (χ2v) is 4.96. The van der Waals surface area contributed by atoms with Gasteiger partial charge in [-0.15, -0.1) is 0 Å². The molecule has 6 nitrogen and oxygen atoms in total. The number of fused-ring (bicyclic) bond motifs is 1. The number of hydrogen-bond acceptors (Lipinski definition) is 4. The van der Waals surface area contributed by atoms with E-state index in [4.69, 9.17) is 4.74 Å². The third kappa shape index (κ3) is 2.67. The number of hydrogen-bond donors (Lipinski definition) is 1. The van der Waals surface area contributed by atoms with E-state index in [9.17, 15) is 9.59 Å². The van der Waals surface area contributed by atoms with Crippen LogP contribution in [-0.4, -0.2) is 35.3 Å². The summed E-state index contributed by atoms with van der Waals surface area (Å²) in [6.45, 7) is 2.53. The van der Waals surface area contributed by atoms with E-state index in [0.717, 1.165) is 0 Å². The maximum Gasteiger partial charge on any atom is 0.339 e. The molecule has 0 atom stereocenters. The molecule has 106 valence electrons. The lowest BCUT2D eigenvalue weighted by molar-refractivity contribution is -0.121. The van der Waals surface area contributed by atoms with Gasteiger partial charge in [0, 0.05) is 16.4 Å². The van der Waals surface area contributed by atoms with Crippen LogP contribution in [-0.2, 0) is 16.1 Å². The summed E-state index contributed by atoms with van der Waals surface area (Å²) >= 11 is 3.33. The van der Waals surface area contributed by atoms with Gasteiger partial charge >= 0.3 is 5.97 Å². The lowest BCUT2D eigenvalue weighted by atomic mass is 10.1. The van der Waals surface area contributed by atoms with E-state index in [0.29, 0.717) is 27.5 Å². The van der Waals surface area contributed by atoms with E-state index in [1.54, 1.807) is 23.0 Å². The fourth-order valence-corrected chi connectivity index (χ4v) is 2.46. The van der Waals surface area contributed by atoms with E-state index >= 15 is 0 Å². The van der Waals surface area contributed by atoms with E-state index in [2.05, 4.69) is 26.3 Å². The number of methoxy groups -OCH3 is 1. The number of carbonyl (C=O) groups excluding carboxylic acids is 2. The molecule has 2 rings (SSSR count). The minimum Gasteiger partial charge on any atom is -0.465 e. The summed E-state index contributed by atoms with van der Waals surface area (Å²) < 4.78 is 6.96. The highest BCUT2D eigenvalue weighted by Crippen LogP contribution is 2.27. The van der Waals surface area contributed by atoms with Crippen molar-refractivity contribution >= 4 is 38.7 Å². The normalized spacial score (nSPS) is 10.6. The first kappa shape index (κ1) is 14.5. The van der Waals surface area contributed by atoms with Gasteiger partial charge in [-0.1, -0.05) is 0 Å². The lowest BCUT2D eigenvalue weighted by Gasteiger charge is -2.06. The number of ether oxygens (including phenoxy) is 1. The standard InChI is InChI=1S/C13H14BrN3O3/c1-3-15-11(18)7-17-10-5-4-9(14)12(13(19)20-2)8(10)6-16-17/h4-6H,3,7H2,1-2H3,(H,15,18). The molecule has 0 aliphatic carbocycles. The van der Waals surface area contributed by atoms with Crippen LogP contribution in [0.25, 0.3) is 10.9 Å². The molecular formula is C13H14BrN3O3. The lowest BCUT2D eigenvalue weighted by Crippen LogP contribution is -2.27. The summed E-state index contributed by atoms with van der Waals surface area (Å²) in [6.07, 6.45) is 1.56. The summed E-state index contributed by atoms with van der Waals surface area (Å²) in [7, 11) is 1.33. The summed E-state index contributed by atoms with van der Waals surface area (Å²) in [5.41, 5.74) is 1.12. The molecule has 1 N–H and O–H groups in total. The molecule has 0 aliphatic rings. The predicted octanol–water partition coefficient (Wildman–Crippen LogP) is 1.72. The van der Waals surface area contributed by atoms with Gasteiger partial charge in [-0.2, -0.15) is 5.10 Å². The quantitative estimate of drug-likeness (QED) is 0.861. The van der Waals surface area contributed by atoms with Crippen LogP contribution in [0.4, 0.5) is 0 Å². The first-order valence-electron chi connectivity index (χ1n) is 6.07. The van der Waals surface area contributed by atoms with Gasteiger partial charge in [0.1, 0.15) is 6.54 Å². The Balaban J connectivity index is 2.47. The van der Waals surface area contributed by atoms with Crippen LogP contribution in [0.1, 0.15) is 17.3 Å². The minimum atomic E-state index is -0.444. The number of likely N-dealkylation sites (N-methyl/N-ethyl adjacent to an activating group) is 1. The molecule has 0 bridgehead atoms. The van der Waals surface area contributed by atoms with Gasteiger partial charge < -0.3 is 10.1 Å². The maximum absolute atomic E-state index is 11.8. The van der Waals surface area contributed by atoms with Crippen molar-refractivity contribution in [3.63, 3.8) is 0 Å². The zero-order chi connectivity index (χ0) is 14.7. The van der Waals surface area contributed by atoms with Crippen LogP contribution >= 0.6 is 15.9 Å². The number of amides is 1. The number of esters is 1. The molecule has 2 aromatic rings. The Kier molecular flexibility index (Phi) is 4.39. The van der Waals surface area contributed by atoms with Crippen molar-refractivity contribution in [1.82, 2.24) is 15.1 Å². The number of benzene rings is 1. The topological polar surface area (TPSA) is 73.2 Å². The zero-order valence-electron chi connectivity index (χ0n) is 11.1. The minimum absolute atomic E-state index is 0.111. The van der Waals surface area contributed by atoms with Crippen molar-refractivity contribution in [2.24, 2.45) is 0 Å². The van der Waals surface area contributed by atoms with Gasteiger partial charge in [0.25, 0.3) is 0 Å². The van der Waals surface area contributed by atoms with E-state index in [1.165, 1.54) is 7.11 Å².